The van der Waals surface area contributed by atoms with Gasteiger partial charge in [0.15, 0.2) is 0 Å². The SMILES string of the molecule is COCCN(C)c1ccc(C(C)NC(=O)CC(=O)Nc2ccc(C(=N)N)cc2)cc1C(F)(F)F. The van der Waals surface area contributed by atoms with Crippen LogP contribution in [0.5, 0.6) is 0 Å². The van der Waals surface area contributed by atoms with Gasteiger partial charge in [-0.05, 0) is 48.9 Å². The van der Waals surface area contributed by atoms with E-state index in [-0.39, 0.29) is 30.2 Å². The first kappa shape index (κ1) is 26.7. The van der Waals surface area contributed by atoms with Crippen molar-refractivity contribution in [3.8, 4) is 0 Å². The fourth-order valence-electron chi connectivity index (χ4n) is 3.19. The molecule has 0 radical (unpaired) electrons. The standard InChI is InChI=1S/C23H28F3N5O3/c1-14(16-6-9-19(31(2)10-11-34-3)18(12-16)23(24,25)26)29-20(32)13-21(33)30-17-7-4-15(5-8-17)22(27)28/h4-9,12,14H,10-11,13H2,1-3H3,(H3,27,28)(H,29,32)(H,30,33). The molecule has 2 aromatic rings. The van der Waals surface area contributed by atoms with E-state index in [1.807, 2.05) is 0 Å². The summed E-state index contributed by atoms with van der Waals surface area (Å²) in [6.07, 6.45) is -5.10. The Bertz CT molecular complexity index is 1030. The van der Waals surface area contributed by atoms with Gasteiger partial charge in [-0.25, -0.2) is 0 Å². The minimum absolute atomic E-state index is 0.00185. The number of ether oxygens (including phenoxy) is 1. The molecule has 2 amide bonds. The number of nitrogens with zero attached hydrogens (tertiary/aromatic N) is 1. The highest BCUT2D eigenvalue weighted by molar-refractivity contribution is 6.04. The van der Waals surface area contributed by atoms with Gasteiger partial charge < -0.3 is 26.0 Å². The van der Waals surface area contributed by atoms with E-state index in [1.165, 1.54) is 24.1 Å². The van der Waals surface area contributed by atoms with E-state index in [0.29, 0.717) is 11.3 Å². The molecule has 0 aliphatic rings. The van der Waals surface area contributed by atoms with Crippen LogP contribution in [-0.2, 0) is 20.5 Å². The van der Waals surface area contributed by atoms with Gasteiger partial charge in [0.1, 0.15) is 12.3 Å². The first-order valence-electron chi connectivity index (χ1n) is 10.4. The molecule has 34 heavy (non-hydrogen) atoms. The molecule has 8 nitrogen and oxygen atoms in total. The first-order valence-corrected chi connectivity index (χ1v) is 10.4. The molecule has 11 heteroatoms. The molecule has 0 aliphatic heterocycles. The Morgan fingerprint density at radius 3 is 2.35 bits per heavy atom. The Labute approximate surface area is 195 Å². The van der Waals surface area contributed by atoms with Gasteiger partial charge >= 0.3 is 6.18 Å². The number of halogens is 3. The second-order valence-corrected chi connectivity index (χ2v) is 7.69. The number of rotatable bonds is 10. The zero-order chi connectivity index (χ0) is 25.5. The van der Waals surface area contributed by atoms with Crippen LogP contribution >= 0.6 is 0 Å². The highest BCUT2D eigenvalue weighted by Gasteiger charge is 2.35. The van der Waals surface area contributed by atoms with Gasteiger partial charge in [-0.15, -0.1) is 0 Å². The molecular weight excluding hydrogens is 451 g/mol. The highest BCUT2D eigenvalue weighted by atomic mass is 19.4. The van der Waals surface area contributed by atoms with Gasteiger partial charge in [0, 0.05) is 37.6 Å². The summed E-state index contributed by atoms with van der Waals surface area (Å²) in [7, 11) is 3.01. The van der Waals surface area contributed by atoms with E-state index in [1.54, 1.807) is 38.2 Å². The highest BCUT2D eigenvalue weighted by Crippen LogP contribution is 2.37. The van der Waals surface area contributed by atoms with Crippen molar-refractivity contribution in [1.82, 2.24) is 5.32 Å². The van der Waals surface area contributed by atoms with Crippen molar-refractivity contribution in [1.29, 1.82) is 5.41 Å². The van der Waals surface area contributed by atoms with Crippen LogP contribution in [0.15, 0.2) is 42.5 Å². The number of carbonyl (C=O) groups is 2. The summed E-state index contributed by atoms with van der Waals surface area (Å²) in [4.78, 5) is 25.9. The van der Waals surface area contributed by atoms with Crippen molar-refractivity contribution in [3.05, 3.63) is 59.2 Å². The third-order valence-electron chi connectivity index (χ3n) is 5.05. The van der Waals surface area contributed by atoms with Crippen molar-refractivity contribution in [2.75, 3.05) is 37.5 Å². The van der Waals surface area contributed by atoms with E-state index < -0.39 is 36.0 Å². The zero-order valence-corrected chi connectivity index (χ0v) is 19.1. The predicted molar refractivity (Wildman–Crippen MR) is 124 cm³/mol. The van der Waals surface area contributed by atoms with Gasteiger partial charge in [-0.1, -0.05) is 6.07 Å². The maximum absolute atomic E-state index is 13.7. The third kappa shape index (κ3) is 7.48. The summed E-state index contributed by atoms with van der Waals surface area (Å²) in [5.74, 6) is -1.35. The average Bonchev–Trinajstić information content (AvgIpc) is 2.76. The van der Waals surface area contributed by atoms with Crippen molar-refractivity contribution in [2.24, 2.45) is 5.73 Å². The molecule has 0 aromatic heterocycles. The predicted octanol–water partition coefficient (Wildman–Crippen LogP) is 3.28. The van der Waals surface area contributed by atoms with Crippen LogP contribution in [0.2, 0.25) is 0 Å². The fraction of sp³-hybridized carbons (Fsp3) is 0.348. The molecule has 0 aliphatic carbocycles. The Hall–Kier alpha value is -3.60. The van der Waals surface area contributed by atoms with E-state index in [4.69, 9.17) is 15.9 Å². The molecule has 0 bridgehead atoms. The first-order chi connectivity index (χ1) is 15.9. The number of carbonyl (C=O) groups excluding carboxylic acids is 2. The van der Waals surface area contributed by atoms with Crippen LogP contribution in [0.3, 0.4) is 0 Å². The summed E-state index contributed by atoms with van der Waals surface area (Å²) < 4.78 is 45.9. The van der Waals surface area contributed by atoms with Gasteiger partial charge in [0.05, 0.1) is 18.2 Å². The Morgan fingerprint density at radius 2 is 1.79 bits per heavy atom. The number of anilines is 2. The Balaban J connectivity index is 2.04. The lowest BCUT2D eigenvalue weighted by Crippen LogP contribution is -2.31. The Morgan fingerprint density at radius 1 is 1.15 bits per heavy atom. The summed E-state index contributed by atoms with van der Waals surface area (Å²) >= 11 is 0. The van der Waals surface area contributed by atoms with E-state index >= 15 is 0 Å². The van der Waals surface area contributed by atoms with Crippen LogP contribution < -0.4 is 21.3 Å². The van der Waals surface area contributed by atoms with Gasteiger partial charge in [0.2, 0.25) is 11.8 Å². The number of methoxy groups -OCH3 is 1. The summed E-state index contributed by atoms with van der Waals surface area (Å²) in [6.45, 7) is 2.09. The lowest BCUT2D eigenvalue weighted by atomic mass is 10.0. The molecule has 1 unspecified atom stereocenters. The number of nitrogen functional groups attached to an aromatic ring is 1. The molecule has 184 valence electrons. The number of likely N-dealkylation sites (N-methyl/N-ethyl adjacent to an activating group) is 1. The molecule has 0 spiro atoms. The number of alkyl halides is 3. The van der Waals surface area contributed by atoms with Crippen LogP contribution in [0.25, 0.3) is 0 Å². The smallest absolute Gasteiger partial charge is 0.384 e. The zero-order valence-electron chi connectivity index (χ0n) is 19.1. The van der Waals surface area contributed by atoms with Crippen LogP contribution in [0.1, 0.15) is 36.1 Å². The van der Waals surface area contributed by atoms with E-state index in [2.05, 4.69) is 10.6 Å². The van der Waals surface area contributed by atoms with Gasteiger partial charge in [-0.2, -0.15) is 13.2 Å². The van der Waals surface area contributed by atoms with Crippen LogP contribution in [0.4, 0.5) is 24.5 Å². The quantitative estimate of drug-likeness (QED) is 0.237. The number of amidine groups is 1. The maximum Gasteiger partial charge on any atom is 0.418 e. The van der Waals surface area contributed by atoms with Gasteiger partial charge in [0.25, 0.3) is 0 Å². The molecular formula is C23H28F3N5O3. The molecule has 5 N–H and O–H groups in total. The minimum atomic E-state index is -4.59. The number of hydrogen-bond donors (Lipinski definition) is 4. The number of nitrogens with two attached hydrogens (primary N) is 1. The maximum atomic E-state index is 13.7. The molecule has 0 fully saturated rings. The monoisotopic (exact) mass is 479 g/mol. The Kier molecular flexibility index (Phi) is 9.02. The summed E-state index contributed by atoms with van der Waals surface area (Å²) in [5, 5.41) is 12.4. The summed E-state index contributed by atoms with van der Waals surface area (Å²) in [5.41, 5.74) is 5.71. The summed E-state index contributed by atoms with van der Waals surface area (Å²) in [6, 6.07) is 9.29. The molecule has 2 rings (SSSR count). The van der Waals surface area contributed by atoms with Crippen molar-refractivity contribution in [2.45, 2.75) is 25.6 Å². The van der Waals surface area contributed by atoms with Crippen molar-refractivity contribution >= 4 is 29.0 Å². The van der Waals surface area contributed by atoms with Crippen LogP contribution in [-0.4, -0.2) is 45.0 Å². The van der Waals surface area contributed by atoms with Crippen molar-refractivity contribution < 1.29 is 27.5 Å². The second kappa shape index (κ2) is 11.5. The molecule has 2 aromatic carbocycles. The molecule has 1 atom stereocenters. The minimum Gasteiger partial charge on any atom is -0.384 e. The number of benzene rings is 2. The van der Waals surface area contributed by atoms with Crippen molar-refractivity contribution in [3.63, 3.8) is 0 Å². The van der Waals surface area contributed by atoms with E-state index in [0.717, 1.165) is 6.07 Å². The van der Waals surface area contributed by atoms with E-state index in [9.17, 15) is 22.8 Å². The second-order valence-electron chi connectivity index (χ2n) is 7.69. The van der Waals surface area contributed by atoms with Crippen LogP contribution in [0, 0.1) is 5.41 Å². The number of nitrogens with one attached hydrogen (secondary N) is 3. The lowest BCUT2D eigenvalue weighted by molar-refractivity contribution is -0.137. The molecule has 0 saturated carbocycles. The average molecular weight is 480 g/mol. The third-order valence-corrected chi connectivity index (χ3v) is 5.05. The number of amides is 2. The largest absolute Gasteiger partial charge is 0.418 e. The van der Waals surface area contributed by atoms with Gasteiger partial charge in [-0.3, -0.25) is 15.0 Å². The number of hydrogen-bond acceptors (Lipinski definition) is 5. The fourth-order valence-corrected chi connectivity index (χ4v) is 3.19. The molecule has 0 heterocycles. The topological polar surface area (TPSA) is 121 Å². The normalized spacial score (nSPS) is 12.1. The molecule has 0 saturated heterocycles. The lowest BCUT2D eigenvalue weighted by Gasteiger charge is -2.25.